The van der Waals surface area contributed by atoms with E-state index in [-0.39, 0.29) is 36.6 Å². The van der Waals surface area contributed by atoms with E-state index in [0.29, 0.717) is 32.1 Å². The van der Waals surface area contributed by atoms with E-state index in [1.165, 1.54) is 5.56 Å². The first-order valence-corrected chi connectivity index (χ1v) is 11.0. The quantitative estimate of drug-likeness (QED) is 0.691. The van der Waals surface area contributed by atoms with Crippen molar-refractivity contribution in [1.29, 1.82) is 0 Å². The molecule has 0 aliphatic carbocycles. The van der Waals surface area contributed by atoms with Crippen LogP contribution in [0.5, 0.6) is 0 Å². The van der Waals surface area contributed by atoms with E-state index in [4.69, 9.17) is 9.47 Å². The van der Waals surface area contributed by atoms with Gasteiger partial charge in [-0.2, -0.15) is 0 Å². The molecule has 2 amide bonds. The molecule has 9 heteroatoms. The maximum Gasteiger partial charge on any atom is 0.240 e. The molecule has 2 aliphatic rings. The molecule has 2 fully saturated rings. The van der Waals surface area contributed by atoms with Crippen LogP contribution in [0.1, 0.15) is 5.56 Å². The van der Waals surface area contributed by atoms with Gasteiger partial charge >= 0.3 is 0 Å². The number of imidazole rings is 1. The van der Waals surface area contributed by atoms with E-state index in [9.17, 15) is 9.59 Å². The van der Waals surface area contributed by atoms with Gasteiger partial charge in [-0.05, 0) is 18.6 Å². The summed E-state index contributed by atoms with van der Waals surface area (Å²) in [6, 6.07) is 7.87. The van der Waals surface area contributed by atoms with Gasteiger partial charge < -0.3 is 24.3 Å². The largest absolute Gasteiger partial charge is 0.371 e. The Morgan fingerprint density at radius 2 is 1.93 bits per heavy atom. The number of aromatic nitrogens is 2. The highest BCUT2D eigenvalue weighted by Gasteiger charge is 2.39. The Labute approximate surface area is 179 Å². The van der Waals surface area contributed by atoms with E-state index in [0.717, 1.165) is 4.90 Å². The average Bonchev–Trinajstić information content (AvgIpc) is 3.35. The van der Waals surface area contributed by atoms with Crippen LogP contribution < -0.4 is 5.32 Å². The van der Waals surface area contributed by atoms with Crippen molar-refractivity contribution in [2.45, 2.75) is 36.6 Å². The van der Waals surface area contributed by atoms with Crippen LogP contribution in [0, 0.1) is 6.92 Å². The first kappa shape index (κ1) is 20.9. The molecule has 4 rings (SSSR count). The maximum atomic E-state index is 12.6. The smallest absolute Gasteiger partial charge is 0.240 e. The first-order valence-electron chi connectivity index (χ1n) is 10.0. The van der Waals surface area contributed by atoms with Crippen LogP contribution in [0.25, 0.3) is 0 Å². The van der Waals surface area contributed by atoms with Gasteiger partial charge in [-0.25, -0.2) is 4.98 Å². The molecule has 0 unspecified atom stereocenters. The van der Waals surface area contributed by atoms with Crippen LogP contribution in [0.4, 0.5) is 0 Å². The SMILES string of the molecule is Cc1ccccc1SCC(=O)N1C[C@@H]2OCC(NC(=O)Cn3ccnc3)CO[C@H]2C1. The number of aryl methyl sites for hydroxylation is 1. The van der Waals surface area contributed by atoms with Crippen molar-refractivity contribution in [3.8, 4) is 0 Å². The van der Waals surface area contributed by atoms with Gasteiger partial charge in [0.15, 0.2) is 0 Å². The molecule has 1 aromatic carbocycles. The molecule has 0 spiro atoms. The minimum atomic E-state index is -0.201. The number of hydrogen-bond acceptors (Lipinski definition) is 6. The van der Waals surface area contributed by atoms with Gasteiger partial charge in [0.05, 0.1) is 31.3 Å². The lowest BCUT2D eigenvalue weighted by atomic mass is 10.2. The number of likely N-dealkylation sites (tertiary alicyclic amines) is 1. The predicted molar refractivity (Wildman–Crippen MR) is 112 cm³/mol. The molecule has 0 bridgehead atoms. The summed E-state index contributed by atoms with van der Waals surface area (Å²) < 4.78 is 13.7. The Bertz CT molecular complexity index is 860. The standard InChI is InChI=1S/C21H26N4O4S/c1-15-4-2-3-5-19(15)30-13-21(27)25-8-17-18(9-25)29-12-16(11-28-17)23-20(26)10-24-7-6-22-14-24/h2-7,14,16-18H,8-13H2,1H3,(H,23,26)/t17-,18-/m0/s1. The van der Waals surface area contributed by atoms with Crippen molar-refractivity contribution in [2.75, 3.05) is 32.1 Å². The van der Waals surface area contributed by atoms with E-state index in [1.807, 2.05) is 36.1 Å². The second kappa shape index (κ2) is 9.63. The van der Waals surface area contributed by atoms with Crippen molar-refractivity contribution in [1.82, 2.24) is 19.8 Å². The zero-order valence-corrected chi connectivity index (χ0v) is 17.7. The van der Waals surface area contributed by atoms with E-state index in [2.05, 4.69) is 10.3 Å². The average molecular weight is 431 g/mol. The summed E-state index contributed by atoms with van der Waals surface area (Å²) in [5, 5.41) is 2.94. The Balaban J connectivity index is 1.22. The fourth-order valence-corrected chi connectivity index (χ4v) is 4.58. The molecule has 8 nitrogen and oxygen atoms in total. The second-order valence-corrected chi connectivity index (χ2v) is 8.61. The molecule has 2 atom stereocenters. The Morgan fingerprint density at radius 1 is 1.20 bits per heavy atom. The molecule has 0 radical (unpaired) electrons. The second-order valence-electron chi connectivity index (χ2n) is 7.60. The Hall–Kier alpha value is -2.36. The van der Waals surface area contributed by atoms with Gasteiger partial charge in [0.25, 0.3) is 0 Å². The number of nitrogens with one attached hydrogen (secondary N) is 1. The van der Waals surface area contributed by atoms with Gasteiger partial charge in [0.2, 0.25) is 11.8 Å². The number of carbonyl (C=O) groups is 2. The van der Waals surface area contributed by atoms with Crippen LogP contribution >= 0.6 is 11.8 Å². The minimum Gasteiger partial charge on any atom is -0.371 e. The van der Waals surface area contributed by atoms with Crippen molar-refractivity contribution in [3.05, 3.63) is 48.5 Å². The van der Waals surface area contributed by atoms with Crippen LogP contribution in [-0.2, 0) is 25.6 Å². The lowest BCUT2D eigenvalue weighted by Gasteiger charge is -2.19. The third-order valence-electron chi connectivity index (χ3n) is 5.29. The van der Waals surface area contributed by atoms with Gasteiger partial charge in [0.1, 0.15) is 18.8 Å². The number of carbonyl (C=O) groups excluding carboxylic acids is 2. The van der Waals surface area contributed by atoms with Gasteiger partial charge in [-0.3, -0.25) is 9.59 Å². The van der Waals surface area contributed by atoms with Gasteiger partial charge in [-0.1, -0.05) is 18.2 Å². The van der Waals surface area contributed by atoms with Crippen LogP contribution in [0.2, 0.25) is 0 Å². The number of hydrogen-bond donors (Lipinski definition) is 1. The number of ether oxygens (including phenoxy) is 2. The summed E-state index contributed by atoms with van der Waals surface area (Å²) >= 11 is 1.56. The summed E-state index contributed by atoms with van der Waals surface area (Å²) in [5.41, 5.74) is 1.18. The fraction of sp³-hybridized carbons (Fsp3) is 0.476. The highest BCUT2D eigenvalue weighted by atomic mass is 32.2. The summed E-state index contributed by atoms with van der Waals surface area (Å²) in [7, 11) is 0. The minimum absolute atomic E-state index is 0.0914. The van der Waals surface area contributed by atoms with E-state index >= 15 is 0 Å². The van der Waals surface area contributed by atoms with Crippen LogP contribution in [0.15, 0.2) is 47.9 Å². The van der Waals surface area contributed by atoms with Crippen molar-refractivity contribution in [3.63, 3.8) is 0 Å². The maximum absolute atomic E-state index is 12.6. The molecule has 2 aromatic rings. The number of benzene rings is 1. The summed E-state index contributed by atoms with van der Waals surface area (Å²) in [5.74, 6) is 0.382. The summed E-state index contributed by atoms with van der Waals surface area (Å²) in [6.45, 7) is 4.05. The van der Waals surface area contributed by atoms with Gasteiger partial charge in [0, 0.05) is 30.4 Å². The van der Waals surface area contributed by atoms with Crippen LogP contribution in [0.3, 0.4) is 0 Å². The highest BCUT2D eigenvalue weighted by Crippen LogP contribution is 2.25. The van der Waals surface area contributed by atoms with Crippen molar-refractivity contribution in [2.24, 2.45) is 0 Å². The molecule has 1 aromatic heterocycles. The fourth-order valence-electron chi connectivity index (χ4n) is 3.65. The van der Waals surface area contributed by atoms with Crippen LogP contribution in [-0.4, -0.2) is 76.6 Å². The molecule has 2 aliphatic heterocycles. The van der Waals surface area contributed by atoms with E-state index in [1.54, 1.807) is 35.0 Å². The zero-order chi connectivity index (χ0) is 20.9. The van der Waals surface area contributed by atoms with Crippen molar-refractivity contribution >= 4 is 23.6 Å². The number of fused-ring (bicyclic) bond motifs is 1. The Morgan fingerprint density at radius 3 is 2.60 bits per heavy atom. The zero-order valence-electron chi connectivity index (χ0n) is 16.9. The van der Waals surface area contributed by atoms with Gasteiger partial charge in [-0.15, -0.1) is 11.8 Å². The highest BCUT2D eigenvalue weighted by molar-refractivity contribution is 8.00. The van der Waals surface area contributed by atoms with E-state index < -0.39 is 0 Å². The number of nitrogens with zero attached hydrogens (tertiary/aromatic N) is 3. The number of thioether (sulfide) groups is 1. The lowest BCUT2D eigenvalue weighted by Crippen LogP contribution is -2.42. The molecule has 1 N–H and O–H groups in total. The normalized spacial score (nSPS) is 21.8. The predicted octanol–water partition coefficient (Wildman–Crippen LogP) is 1.09. The third-order valence-corrected chi connectivity index (χ3v) is 6.45. The Kier molecular flexibility index (Phi) is 6.71. The third kappa shape index (κ3) is 5.21. The summed E-state index contributed by atoms with van der Waals surface area (Å²) in [6.07, 6.45) is 4.67. The number of rotatable bonds is 6. The lowest BCUT2D eigenvalue weighted by molar-refractivity contribution is -0.128. The summed E-state index contributed by atoms with van der Waals surface area (Å²) in [4.78, 5) is 31.7. The molecular formula is C21H26N4O4S. The molecular weight excluding hydrogens is 404 g/mol. The molecule has 3 heterocycles. The number of amides is 2. The first-order chi connectivity index (χ1) is 14.6. The van der Waals surface area contributed by atoms with Crippen molar-refractivity contribution < 1.29 is 19.1 Å². The molecule has 2 saturated heterocycles. The molecule has 0 saturated carbocycles. The topological polar surface area (TPSA) is 85.7 Å². The monoisotopic (exact) mass is 430 g/mol. The molecule has 160 valence electrons. The molecule has 30 heavy (non-hydrogen) atoms.